The highest BCUT2D eigenvalue weighted by Crippen LogP contribution is 2.15. The van der Waals surface area contributed by atoms with Crippen LogP contribution in [0.5, 0.6) is 0 Å². The quantitative estimate of drug-likeness (QED) is 0.0461. The van der Waals surface area contributed by atoms with Crippen LogP contribution in [0.2, 0.25) is 0 Å². The highest BCUT2D eigenvalue weighted by atomic mass is 16.5. The van der Waals surface area contributed by atoms with Crippen molar-refractivity contribution in [3.05, 3.63) is 36.5 Å². The second kappa shape index (κ2) is 34.6. The summed E-state index contributed by atoms with van der Waals surface area (Å²) in [5.74, 6) is -0.703. The number of unbranched alkanes of at least 4 members (excludes halogenated alkanes) is 20. The second-order valence-electron chi connectivity index (χ2n) is 12.5. The first-order valence-electron chi connectivity index (χ1n) is 18.4. The van der Waals surface area contributed by atoms with Gasteiger partial charge in [-0.05, 0) is 90.4 Å². The van der Waals surface area contributed by atoms with Gasteiger partial charge in [0.1, 0.15) is 0 Å². The average Bonchev–Trinajstić information content (AvgIpc) is 2.98. The van der Waals surface area contributed by atoms with Gasteiger partial charge in [-0.15, -0.1) is 0 Å². The first-order chi connectivity index (χ1) is 21.1. The third-order valence-electron chi connectivity index (χ3n) is 8.07. The zero-order chi connectivity index (χ0) is 31.5. The number of aliphatic carboxylic acids is 1. The zero-order valence-electron chi connectivity index (χ0n) is 28.5. The molecule has 0 aromatic carbocycles. The minimum Gasteiger partial charge on any atom is -0.481 e. The van der Waals surface area contributed by atoms with Crippen LogP contribution in [0.3, 0.4) is 0 Å². The fraction of sp³-hybridized carbons (Fsp3) is 0.795. The predicted octanol–water partition coefficient (Wildman–Crippen LogP) is 12.6. The predicted molar refractivity (Wildman–Crippen MR) is 186 cm³/mol. The average molecular weight is 603 g/mol. The van der Waals surface area contributed by atoms with Crippen molar-refractivity contribution in [1.29, 1.82) is 0 Å². The Kier molecular flexibility index (Phi) is 33.2. The highest BCUT2D eigenvalue weighted by Gasteiger charge is 2.09. The molecule has 0 radical (unpaired) electrons. The molecule has 0 aliphatic heterocycles. The lowest BCUT2D eigenvalue weighted by atomic mass is 10.0. The number of carbonyl (C=O) groups is 2. The van der Waals surface area contributed by atoms with Crippen molar-refractivity contribution in [3.8, 4) is 0 Å². The molecule has 0 spiro atoms. The van der Waals surface area contributed by atoms with Gasteiger partial charge in [0.05, 0.1) is 6.10 Å². The molecule has 43 heavy (non-hydrogen) atoms. The minimum atomic E-state index is -0.679. The molecular weight excluding hydrogens is 532 g/mol. The minimum absolute atomic E-state index is 0.0241. The molecule has 0 fully saturated rings. The summed E-state index contributed by atoms with van der Waals surface area (Å²) in [5, 5.41) is 8.64. The summed E-state index contributed by atoms with van der Waals surface area (Å²) < 4.78 is 5.61. The van der Waals surface area contributed by atoms with E-state index in [-0.39, 0.29) is 12.1 Å². The van der Waals surface area contributed by atoms with Crippen LogP contribution in [-0.4, -0.2) is 23.1 Å². The van der Waals surface area contributed by atoms with E-state index in [1.54, 1.807) is 0 Å². The van der Waals surface area contributed by atoms with Crippen LogP contribution < -0.4 is 0 Å². The summed E-state index contributed by atoms with van der Waals surface area (Å²) >= 11 is 0. The van der Waals surface area contributed by atoms with Gasteiger partial charge in [0.15, 0.2) is 0 Å². The van der Waals surface area contributed by atoms with E-state index in [1.165, 1.54) is 116 Å². The Morgan fingerprint density at radius 3 is 1.44 bits per heavy atom. The molecule has 1 N–H and O–H groups in total. The van der Waals surface area contributed by atoms with Gasteiger partial charge in [-0.25, -0.2) is 0 Å². The van der Waals surface area contributed by atoms with E-state index < -0.39 is 5.97 Å². The molecule has 0 aromatic heterocycles. The lowest BCUT2D eigenvalue weighted by Gasteiger charge is -2.13. The molecule has 0 aliphatic rings. The highest BCUT2D eigenvalue weighted by molar-refractivity contribution is 5.69. The second-order valence-corrected chi connectivity index (χ2v) is 12.5. The van der Waals surface area contributed by atoms with Crippen molar-refractivity contribution in [1.82, 2.24) is 0 Å². The van der Waals surface area contributed by atoms with Gasteiger partial charge >= 0.3 is 11.9 Å². The van der Waals surface area contributed by atoms with Gasteiger partial charge in [0, 0.05) is 12.8 Å². The molecule has 1 unspecified atom stereocenters. The summed E-state index contributed by atoms with van der Waals surface area (Å²) in [6.07, 6.45) is 45.7. The lowest BCUT2D eigenvalue weighted by Crippen LogP contribution is -2.14. The molecule has 0 aromatic rings. The zero-order valence-corrected chi connectivity index (χ0v) is 28.5. The van der Waals surface area contributed by atoms with Crippen LogP contribution in [0.1, 0.15) is 194 Å². The van der Waals surface area contributed by atoms with Gasteiger partial charge < -0.3 is 9.84 Å². The fourth-order valence-corrected chi connectivity index (χ4v) is 5.31. The summed E-state index contributed by atoms with van der Waals surface area (Å²) in [7, 11) is 0. The van der Waals surface area contributed by atoms with E-state index in [1.807, 2.05) is 6.92 Å². The van der Waals surface area contributed by atoms with E-state index in [4.69, 9.17) is 9.84 Å². The Balaban J connectivity index is 3.38. The Labute approximate surface area is 267 Å². The van der Waals surface area contributed by atoms with Crippen LogP contribution in [0.4, 0.5) is 0 Å². The number of allylic oxidation sites excluding steroid dienone is 6. The SMILES string of the molecule is CCCCC/C=C\C/C=C\CCCC/C=C\CCCCCCCC(=O)OC(C)CCCCCCCCCCCCC(=O)O. The number of carboxylic acids is 1. The van der Waals surface area contributed by atoms with Crippen LogP contribution >= 0.6 is 0 Å². The van der Waals surface area contributed by atoms with Crippen LogP contribution in [0.15, 0.2) is 36.5 Å². The summed E-state index contributed by atoms with van der Waals surface area (Å²) in [5.41, 5.74) is 0. The van der Waals surface area contributed by atoms with Crippen molar-refractivity contribution >= 4 is 11.9 Å². The van der Waals surface area contributed by atoms with Crippen molar-refractivity contribution < 1.29 is 19.4 Å². The van der Waals surface area contributed by atoms with Crippen LogP contribution in [0.25, 0.3) is 0 Å². The molecule has 4 nitrogen and oxygen atoms in total. The molecule has 0 saturated carbocycles. The number of esters is 1. The number of rotatable bonds is 33. The third-order valence-corrected chi connectivity index (χ3v) is 8.07. The van der Waals surface area contributed by atoms with Gasteiger partial charge in [-0.2, -0.15) is 0 Å². The number of carbonyl (C=O) groups excluding carboxylic acids is 1. The Morgan fingerprint density at radius 1 is 0.535 bits per heavy atom. The van der Waals surface area contributed by atoms with Crippen molar-refractivity contribution in [2.45, 2.75) is 200 Å². The molecular formula is C39H70O4. The van der Waals surface area contributed by atoms with Crippen molar-refractivity contribution in [3.63, 3.8) is 0 Å². The number of hydrogen-bond acceptors (Lipinski definition) is 3. The Hall–Kier alpha value is -1.84. The molecule has 0 saturated heterocycles. The van der Waals surface area contributed by atoms with Gasteiger partial charge in [-0.3, -0.25) is 9.59 Å². The molecule has 0 bridgehead atoms. The van der Waals surface area contributed by atoms with Gasteiger partial charge in [0.2, 0.25) is 0 Å². The Bertz CT molecular complexity index is 693. The van der Waals surface area contributed by atoms with E-state index in [9.17, 15) is 9.59 Å². The van der Waals surface area contributed by atoms with E-state index in [2.05, 4.69) is 43.4 Å². The smallest absolute Gasteiger partial charge is 0.306 e. The molecule has 250 valence electrons. The third kappa shape index (κ3) is 36.3. The summed E-state index contributed by atoms with van der Waals surface area (Å²) in [6, 6.07) is 0. The number of hydrogen-bond donors (Lipinski definition) is 1. The molecule has 1 atom stereocenters. The maximum atomic E-state index is 12.1. The lowest BCUT2D eigenvalue weighted by molar-refractivity contribution is -0.148. The van der Waals surface area contributed by atoms with Crippen LogP contribution in [-0.2, 0) is 14.3 Å². The molecule has 0 aliphatic carbocycles. The number of carboxylic acid groups (broad SMARTS) is 1. The Morgan fingerprint density at radius 2 is 0.930 bits per heavy atom. The first-order valence-corrected chi connectivity index (χ1v) is 18.4. The molecule has 4 heteroatoms. The molecule has 0 rings (SSSR count). The van der Waals surface area contributed by atoms with E-state index in [0.29, 0.717) is 12.8 Å². The maximum absolute atomic E-state index is 12.1. The standard InChI is InChI=1S/C39H70O4/c1-3-4-5-6-7-8-9-10-11-12-13-14-15-16-17-18-19-24-27-30-33-36-39(42)43-37(2)34-31-28-25-22-20-21-23-26-29-32-35-38(40)41/h7-8,10-11,16-17,37H,3-6,9,12-15,18-36H2,1-2H3,(H,40,41)/b8-7-,11-10-,17-16-. The van der Waals surface area contributed by atoms with Crippen LogP contribution in [0, 0.1) is 0 Å². The van der Waals surface area contributed by atoms with Crippen molar-refractivity contribution in [2.24, 2.45) is 0 Å². The number of ether oxygens (including phenoxy) is 1. The molecule has 0 amide bonds. The first kappa shape index (κ1) is 41.2. The maximum Gasteiger partial charge on any atom is 0.306 e. The summed E-state index contributed by atoms with van der Waals surface area (Å²) in [4.78, 5) is 22.6. The molecule has 0 heterocycles. The van der Waals surface area contributed by atoms with Gasteiger partial charge in [-0.1, -0.05) is 127 Å². The van der Waals surface area contributed by atoms with Crippen molar-refractivity contribution in [2.75, 3.05) is 0 Å². The monoisotopic (exact) mass is 603 g/mol. The largest absolute Gasteiger partial charge is 0.481 e. The normalized spacial score (nSPS) is 12.6. The van der Waals surface area contributed by atoms with E-state index >= 15 is 0 Å². The summed E-state index contributed by atoms with van der Waals surface area (Å²) in [6.45, 7) is 4.28. The topological polar surface area (TPSA) is 63.6 Å². The fourth-order valence-electron chi connectivity index (χ4n) is 5.31. The van der Waals surface area contributed by atoms with Gasteiger partial charge in [0.25, 0.3) is 0 Å². The van der Waals surface area contributed by atoms with E-state index in [0.717, 1.165) is 51.4 Å².